The number of amides is 1. The molecule has 0 aliphatic carbocycles. The molecule has 1 amide bonds. The zero-order valence-electron chi connectivity index (χ0n) is 14.3. The van der Waals surface area contributed by atoms with E-state index >= 15 is 0 Å². The number of aliphatic imine (C=N–C) groups is 1. The van der Waals surface area contributed by atoms with Crippen LogP contribution in [0.4, 0.5) is 10.5 Å². The van der Waals surface area contributed by atoms with Crippen LogP contribution in [0.5, 0.6) is 0 Å². The quantitative estimate of drug-likeness (QED) is 0.406. The standard InChI is InChI=1S/C16H25N3O2S.HI/c1-6-22-14(17)19-13-9-7-8-12(11(13)2)10-18-15(20)21-16(3,4)5;/h7-9H,6,10H2,1-5H3,(H2,17,19)(H,18,20);1H. The topological polar surface area (TPSA) is 76.7 Å². The van der Waals surface area contributed by atoms with Crippen LogP contribution in [-0.4, -0.2) is 22.6 Å². The van der Waals surface area contributed by atoms with Crippen LogP contribution < -0.4 is 11.1 Å². The minimum Gasteiger partial charge on any atom is -0.444 e. The van der Waals surface area contributed by atoms with Crippen molar-refractivity contribution in [1.29, 1.82) is 0 Å². The number of amidine groups is 1. The highest BCUT2D eigenvalue weighted by atomic mass is 127. The van der Waals surface area contributed by atoms with E-state index in [2.05, 4.69) is 10.3 Å². The van der Waals surface area contributed by atoms with Crippen LogP contribution in [0.15, 0.2) is 23.2 Å². The summed E-state index contributed by atoms with van der Waals surface area (Å²) in [5.74, 6) is 0.883. The van der Waals surface area contributed by atoms with Gasteiger partial charge in [0, 0.05) is 6.54 Å². The van der Waals surface area contributed by atoms with Gasteiger partial charge in [0.1, 0.15) is 5.60 Å². The number of nitrogens with two attached hydrogens (primary N) is 1. The molecular formula is C16H26IN3O2S. The van der Waals surface area contributed by atoms with Crippen LogP contribution in [0.3, 0.4) is 0 Å². The molecule has 5 nitrogen and oxygen atoms in total. The first-order valence-corrected chi connectivity index (χ1v) is 8.23. The second kappa shape index (κ2) is 10.0. The smallest absolute Gasteiger partial charge is 0.407 e. The highest BCUT2D eigenvalue weighted by Crippen LogP contribution is 2.23. The Morgan fingerprint density at radius 2 is 2.04 bits per heavy atom. The second-order valence-electron chi connectivity index (χ2n) is 5.80. The lowest BCUT2D eigenvalue weighted by atomic mass is 10.1. The Labute approximate surface area is 159 Å². The third-order valence-corrected chi connectivity index (χ3v) is 3.44. The van der Waals surface area contributed by atoms with Gasteiger partial charge in [0.15, 0.2) is 5.17 Å². The predicted molar refractivity (Wildman–Crippen MR) is 109 cm³/mol. The Hall–Kier alpha value is -0.960. The summed E-state index contributed by atoms with van der Waals surface area (Å²) in [6.45, 7) is 9.89. The fourth-order valence-electron chi connectivity index (χ4n) is 1.76. The van der Waals surface area contributed by atoms with E-state index in [4.69, 9.17) is 10.5 Å². The molecule has 0 aromatic heterocycles. The van der Waals surface area contributed by atoms with Crippen LogP contribution >= 0.6 is 35.7 Å². The minimum atomic E-state index is -0.503. The summed E-state index contributed by atoms with van der Waals surface area (Å²) in [6, 6.07) is 5.77. The van der Waals surface area contributed by atoms with Crippen molar-refractivity contribution in [3.05, 3.63) is 29.3 Å². The number of hydrogen-bond acceptors (Lipinski definition) is 4. The normalized spacial score (nSPS) is 11.6. The van der Waals surface area contributed by atoms with E-state index in [9.17, 15) is 4.79 Å². The van der Waals surface area contributed by atoms with Gasteiger partial charge in [-0.25, -0.2) is 9.79 Å². The summed E-state index contributed by atoms with van der Waals surface area (Å²) < 4.78 is 5.23. The predicted octanol–water partition coefficient (Wildman–Crippen LogP) is 4.34. The Morgan fingerprint density at radius 1 is 1.39 bits per heavy atom. The van der Waals surface area contributed by atoms with E-state index in [0.717, 1.165) is 22.6 Å². The lowest BCUT2D eigenvalue weighted by molar-refractivity contribution is 0.0523. The van der Waals surface area contributed by atoms with Gasteiger partial charge < -0.3 is 15.8 Å². The van der Waals surface area contributed by atoms with Gasteiger partial charge in [-0.15, -0.1) is 24.0 Å². The average Bonchev–Trinajstić information content (AvgIpc) is 2.38. The van der Waals surface area contributed by atoms with Crippen LogP contribution in [0.25, 0.3) is 0 Å². The van der Waals surface area contributed by atoms with E-state index in [1.807, 2.05) is 52.8 Å². The fourth-order valence-corrected chi connectivity index (χ4v) is 2.22. The number of halogens is 1. The first-order chi connectivity index (χ1) is 10.2. The van der Waals surface area contributed by atoms with Gasteiger partial charge in [-0.05, 0) is 50.6 Å². The summed E-state index contributed by atoms with van der Waals surface area (Å²) in [7, 11) is 0. The van der Waals surface area contributed by atoms with Crippen molar-refractivity contribution in [3.8, 4) is 0 Å². The number of hydrogen-bond donors (Lipinski definition) is 2. The molecule has 0 radical (unpaired) electrons. The molecule has 1 rings (SSSR count). The SMILES string of the molecule is CCSC(N)=Nc1cccc(CNC(=O)OC(C)(C)C)c1C.I. The summed E-state index contributed by atoms with van der Waals surface area (Å²) >= 11 is 1.50. The monoisotopic (exact) mass is 451 g/mol. The van der Waals surface area contributed by atoms with E-state index in [1.165, 1.54) is 11.8 Å². The molecule has 3 N–H and O–H groups in total. The Morgan fingerprint density at radius 3 is 2.61 bits per heavy atom. The maximum atomic E-state index is 11.7. The zero-order chi connectivity index (χ0) is 16.8. The van der Waals surface area contributed by atoms with Crippen molar-refractivity contribution >= 4 is 52.7 Å². The molecule has 0 bridgehead atoms. The summed E-state index contributed by atoms with van der Waals surface area (Å²) in [5, 5.41) is 3.30. The molecule has 23 heavy (non-hydrogen) atoms. The number of nitrogens with zero attached hydrogens (tertiary/aromatic N) is 1. The van der Waals surface area contributed by atoms with Crippen molar-refractivity contribution in [2.75, 3.05) is 5.75 Å². The maximum absolute atomic E-state index is 11.7. The van der Waals surface area contributed by atoms with Gasteiger partial charge in [-0.1, -0.05) is 30.8 Å². The largest absolute Gasteiger partial charge is 0.444 e. The first kappa shape index (κ1) is 22.0. The second-order valence-corrected chi connectivity index (χ2v) is 7.08. The van der Waals surface area contributed by atoms with Gasteiger partial charge in [0.25, 0.3) is 0 Å². The molecule has 0 aliphatic rings. The van der Waals surface area contributed by atoms with Crippen molar-refractivity contribution in [1.82, 2.24) is 5.32 Å². The van der Waals surface area contributed by atoms with Crippen molar-refractivity contribution < 1.29 is 9.53 Å². The van der Waals surface area contributed by atoms with E-state index in [0.29, 0.717) is 11.7 Å². The molecule has 0 saturated carbocycles. The first-order valence-electron chi connectivity index (χ1n) is 7.25. The maximum Gasteiger partial charge on any atom is 0.407 e. The molecule has 0 saturated heterocycles. The van der Waals surface area contributed by atoms with Crippen molar-refractivity contribution in [2.24, 2.45) is 10.7 Å². The number of alkyl carbamates (subject to hydrolysis) is 1. The van der Waals surface area contributed by atoms with E-state index < -0.39 is 11.7 Å². The molecule has 0 unspecified atom stereocenters. The molecule has 0 aliphatic heterocycles. The van der Waals surface area contributed by atoms with E-state index in [-0.39, 0.29) is 24.0 Å². The summed E-state index contributed by atoms with van der Waals surface area (Å²) in [4.78, 5) is 16.1. The number of thioether (sulfide) groups is 1. The van der Waals surface area contributed by atoms with Crippen LogP contribution in [0, 0.1) is 6.92 Å². The Kier molecular flexibility index (Phi) is 9.60. The highest BCUT2D eigenvalue weighted by molar-refractivity contribution is 14.0. The van der Waals surface area contributed by atoms with Gasteiger partial charge in [0.05, 0.1) is 5.69 Å². The van der Waals surface area contributed by atoms with Crippen molar-refractivity contribution in [2.45, 2.75) is 46.8 Å². The third-order valence-electron chi connectivity index (χ3n) is 2.76. The summed E-state index contributed by atoms with van der Waals surface area (Å²) in [6.07, 6.45) is -0.429. The Balaban J connectivity index is 0.00000484. The molecule has 1 aromatic rings. The molecule has 130 valence electrons. The fraction of sp³-hybridized carbons (Fsp3) is 0.500. The van der Waals surface area contributed by atoms with Gasteiger partial charge in [-0.3, -0.25) is 0 Å². The molecule has 0 atom stereocenters. The molecule has 1 aromatic carbocycles. The number of carbonyl (C=O) groups excluding carboxylic acids is 1. The molecule has 0 fully saturated rings. The number of benzene rings is 1. The lowest BCUT2D eigenvalue weighted by Gasteiger charge is -2.20. The van der Waals surface area contributed by atoms with Crippen LogP contribution in [-0.2, 0) is 11.3 Å². The van der Waals surface area contributed by atoms with Crippen LogP contribution in [0.2, 0.25) is 0 Å². The lowest BCUT2D eigenvalue weighted by Crippen LogP contribution is -2.32. The molecular weight excluding hydrogens is 425 g/mol. The van der Waals surface area contributed by atoms with E-state index in [1.54, 1.807) is 0 Å². The van der Waals surface area contributed by atoms with Gasteiger partial charge in [-0.2, -0.15) is 0 Å². The molecule has 0 heterocycles. The number of nitrogens with one attached hydrogen (secondary N) is 1. The third kappa shape index (κ3) is 8.45. The van der Waals surface area contributed by atoms with Crippen LogP contribution in [0.1, 0.15) is 38.8 Å². The Bertz CT molecular complexity index is 557. The summed E-state index contributed by atoms with van der Waals surface area (Å²) in [5.41, 5.74) is 8.15. The average molecular weight is 451 g/mol. The highest BCUT2D eigenvalue weighted by Gasteiger charge is 2.16. The van der Waals surface area contributed by atoms with Crippen molar-refractivity contribution in [3.63, 3.8) is 0 Å². The number of ether oxygens (including phenoxy) is 1. The molecule has 7 heteroatoms. The number of carbonyl (C=O) groups is 1. The minimum absolute atomic E-state index is 0. The van der Waals surface area contributed by atoms with Gasteiger partial charge in [0.2, 0.25) is 0 Å². The van der Waals surface area contributed by atoms with Gasteiger partial charge >= 0.3 is 6.09 Å². The number of rotatable bonds is 4. The zero-order valence-corrected chi connectivity index (χ0v) is 17.5. The molecule has 0 spiro atoms.